The van der Waals surface area contributed by atoms with Crippen LogP contribution in [0, 0.1) is 0 Å². The number of amides is 1. The molecule has 0 aliphatic carbocycles. The van der Waals surface area contributed by atoms with E-state index in [0.717, 1.165) is 4.88 Å². The first-order valence-corrected chi connectivity index (χ1v) is 11.2. The van der Waals surface area contributed by atoms with E-state index in [-0.39, 0.29) is 23.9 Å². The van der Waals surface area contributed by atoms with E-state index in [0.29, 0.717) is 35.6 Å². The van der Waals surface area contributed by atoms with E-state index in [4.69, 9.17) is 16.3 Å². The molecule has 2 aromatic rings. The van der Waals surface area contributed by atoms with Gasteiger partial charge in [-0.15, -0.1) is 22.7 Å². The fraction of sp³-hybridized carbons (Fsp3) is 0.429. The third-order valence-corrected chi connectivity index (χ3v) is 7.64. The summed E-state index contributed by atoms with van der Waals surface area (Å²) in [7, 11) is -3.39. The predicted molar refractivity (Wildman–Crippen MR) is 98.9 cm³/mol. The van der Waals surface area contributed by atoms with Crippen LogP contribution in [-0.4, -0.2) is 62.2 Å². The summed E-state index contributed by atoms with van der Waals surface area (Å²) >= 11 is 8.64. The molecule has 7 nitrogen and oxygen atoms in total. The lowest BCUT2D eigenvalue weighted by molar-refractivity contribution is 0.0730. The van der Waals surface area contributed by atoms with Gasteiger partial charge in [0.1, 0.15) is 10.7 Å². The molecule has 0 saturated carbocycles. The maximum atomic E-state index is 12.2. The second-order valence-corrected chi connectivity index (χ2v) is 9.89. The number of carbonyl (C=O) groups excluding carboxylic acids is 1. The Labute approximate surface area is 158 Å². The van der Waals surface area contributed by atoms with E-state index in [1.807, 2.05) is 6.07 Å². The molecule has 1 aliphatic heterocycles. The van der Waals surface area contributed by atoms with Crippen LogP contribution in [0.2, 0.25) is 4.34 Å². The van der Waals surface area contributed by atoms with Gasteiger partial charge >= 0.3 is 0 Å². The van der Waals surface area contributed by atoms with Crippen LogP contribution in [0.3, 0.4) is 0 Å². The largest absolute Gasteiger partial charge is 0.379 e. The highest BCUT2D eigenvalue weighted by atomic mass is 35.5. The van der Waals surface area contributed by atoms with E-state index in [1.54, 1.807) is 11.4 Å². The molecule has 0 atom stereocenters. The number of nitrogens with zero attached hydrogens (tertiary/aromatic N) is 2. The summed E-state index contributed by atoms with van der Waals surface area (Å²) in [4.78, 5) is 17.3. The van der Waals surface area contributed by atoms with Crippen LogP contribution >= 0.6 is 34.3 Å². The first-order chi connectivity index (χ1) is 12.0. The number of hydrogen-bond donors (Lipinski definition) is 1. The molecule has 2 aromatic heterocycles. The van der Waals surface area contributed by atoms with E-state index >= 15 is 0 Å². The number of thiophene rings is 1. The molecule has 1 saturated heterocycles. The normalized spacial score (nSPS) is 16.0. The zero-order valence-electron chi connectivity index (χ0n) is 13.1. The molecule has 1 amide bonds. The molecule has 25 heavy (non-hydrogen) atoms. The van der Waals surface area contributed by atoms with Gasteiger partial charge in [-0.05, 0) is 12.1 Å². The van der Waals surface area contributed by atoms with Gasteiger partial charge in [0.25, 0.3) is 5.91 Å². The molecule has 0 unspecified atom stereocenters. The van der Waals surface area contributed by atoms with Gasteiger partial charge in [0.15, 0.2) is 0 Å². The van der Waals surface area contributed by atoms with Crippen LogP contribution in [0.5, 0.6) is 0 Å². The Morgan fingerprint density at radius 3 is 2.80 bits per heavy atom. The number of nitrogens with one attached hydrogen (secondary N) is 1. The third kappa shape index (κ3) is 4.78. The van der Waals surface area contributed by atoms with Crippen LogP contribution in [-0.2, 0) is 14.8 Å². The lowest BCUT2D eigenvalue weighted by Gasteiger charge is -2.25. The summed E-state index contributed by atoms with van der Waals surface area (Å²) in [5.41, 5.74) is 0.272. The average Bonchev–Trinajstić information content (AvgIpc) is 3.24. The smallest absolute Gasteiger partial charge is 0.270 e. The van der Waals surface area contributed by atoms with Gasteiger partial charge in [0, 0.05) is 25.0 Å². The Balaban J connectivity index is 1.53. The molecule has 3 heterocycles. The molecule has 1 aliphatic rings. The van der Waals surface area contributed by atoms with Gasteiger partial charge in [-0.1, -0.05) is 11.6 Å². The van der Waals surface area contributed by atoms with Gasteiger partial charge in [-0.2, -0.15) is 4.31 Å². The molecule has 136 valence electrons. The first kappa shape index (κ1) is 18.7. The second kappa shape index (κ2) is 8.11. The molecule has 11 heteroatoms. The zero-order valence-corrected chi connectivity index (χ0v) is 16.3. The summed E-state index contributed by atoms with van der Waals surface area (Å²) < 4.78 is 31.6. The number of carbonyl (C=O) groups is 1. The minimum absolute atomic E-state index is 0.0379. The number of morpholine rings is 1. The van der Waals surface area contributed by atoms with Crippen LogP contribution in [0.4, 0.5) is 0 Å². The Morgan fingerprint density at radius 2 is 2.12 bits per heavy atom. The van der Waals surface area contributed by atoms with Crippen molar-refractivity contribution in [2.24, 2.45) is 0 Å². The minimum Gasteiger partial charge on any atom is -0.379 e. The summed E-state index contributed by atoms with van der Waals surface area (Å²) in [5.74, 6) is -0.529. The van der Waals surface area contributed by atoms with Crippen molar-refractivity contribution >= 4 is 50.2 Å². The van der Waals surface area contributed by atoms with E-state index < -0.39 is 10.0 Å². The molecular weight excluding hydrogens is 406 g/mol. The number of thiazole rings is 1. The second-order valence-electron chi connectivity index (χ2n) is 5.22. The highest BCUT2D eigenvalue weighted by Gasteiger charge is 2.24. The number of halogens is 1. The SMILES string of the molecule is O=C(NCCS(=O)(=O)N1CCOCC1)c1csc(-c2ccc(Cl)s2)n1. The van der Waals surface area contributed by atoms with Gasteiger partial charge in [0.05, 0.1) is 28.2 Å². The van der Waals surface area contributed by atoms with Crippen molar-refractivity contribution in [3.05, 3.63) is 27.5 Å². The third-order valence-electron chi connectivity index (χ3n) is 3.53. The molecule has 0 spiro atoms. The molecule has 0 aromatic carbocycles. The van der Waals surface area contributed by atoms with Crippen molar-refractivity contribution < 1.29 is 17.9 Å². The standard InChI is InChI=1S/C14H16ClN3O4S3/c15-12-2-1-11(24-12)14-17-10(9-23-14)13(19)16-3-8-25(20,21)18-4-6-22-7-5-18/h1-2,9H,3-8H2,(H,16,19). The van der Waals surface area contributed by atoms with Crippen molar-refractivity contribution in [2.75, 3.05) is 38.6 Å². The summed E-state index contributed by atoms with van der Waals surface area (Å²) in [6, 6.07) is 3.63. The molecule has 0 bridgehead atoms. The van der Waals surface area contributed by atoms with E-state index in [2.05, 4.69) is 10.3 Å². The number of ether oxygens (including phenoxy) is 1. The van der Waals surface area contributed by atoms with Gasteiger partial charge in [-0.25, -0.2) is 13.4 Å². The maximum Gasteiger partial charge on any atom is 0.270 e. The average molecular weight is 422 g/mol. The molecule has 1 fully saturated rings. The summed E-state index contributed by atoms with van der Waals surface area (Å²) in [5, 5.41) is 4.97. The monoisotopic (exact) mass is 421 g/mol. The van der Waals surface area contributed by atoms with Crippen molar-refractivity contribution in [2.45, 2.75) is 0 Å². The Hall–Kier alpha value is -1.04. The number of hydrogen-bond acceptors (Lipinski definition) is 7. The molecule has 0 radical (unpaired) electrons. The lowest BCUT2D eigenvalue weighted by Crippen LogP contribution is -2.43. The van der Waals surface area contributed by atoms with Crippen molar-refractivity contribution in [1.82, 2.24) is 14.6 Å². The van der Waals surface area contributed by atoms with Crippen molar-refractivity contribution in [3.8, 4) is 9.88 Å². The van der Waals surface area contributed by atoms with Gasteiger partial charge < -0.3 is 10.1 Å². The summed E-state index contributed by atoms with van der Waals surface area (Å²) in [6.45, 7) is 1.56. The van der Waals surface area contributed by atoms with E-state index in [1.165, 1.54) is 27.0 Å². The lowest BCUT2D eigenvalue weighted by atomic mass is 10.4. The Bertz CT molecular complexity index is 843. The van der Waals surface area contributed by atoms with Crippen molar-refractivity contribution in [1.29, 1.82) is 0 Å². The topological polar surface area (TPSA) is 88.6 Å². The Morgan fingerprint density at radius 1 is 1.36 bits per heavy atom. The van der Waals surface area contributed by atoms with Crippen LogP contribution in [0.1, 0.15) is 10.5 Å². The number of aromatic nitrogens is 1. The summed E-state index contributed by atoms with van der Waals surface area (Å²) in [6.07, 6.45) is 0. The highest BCUT2D eigenvalue weighted by molar-refractivity contribution is 7.89. The van der Waals surface area contributed by atoms with Gasteiger partial charge in [0.2, 0.25) is 10.0 Å². The fourth-order valence-corrected chi connectivity index (χ4v) is 5.50. The van der Waals surface area contributed by atoms with Crippen LogP contribution < -0.4 is 5.32 Å². The highest BCUT2D eigenvalue weighted by Crippen LogP contribution is 2.32. The van der Waals surface area contributed by atoms with Crippen LogP contribution in [0.25, 0.3) is 9.88 Å². The molecule has 3 rings (SSSR count). The maximum absolute atomic E-state index is 12.2. The number of sulfonamides is 1. The first-order valence-electron chi connectivity index (χ1n) is 7.51. The minimum atomic E-state index is -3.39. The Kier molecular flexibility index (Phi) is 6.08. The van der Waals surface area contributed by atoms with E-state index in [9.17, 15) is 13.2 Å². The van der Waals surface area contributed by atoms with Crippen LogP contribution in [0.15, 0.2) is 17.5 Å². The van der Waals surface area contributed by atoms with Gasteiger partial charge in [-0.3, -0.25) is 4.79 Å². The fourth-order valence-electron chi connectivity index (χ4n) is 2.26. The molecule has 1 N–H and O–H groups in total. The molecular formula is C14H16ClN3O4S3. The quantitative estimate of drug-likeness (QED) is 0.769. The predicted octanol–water partition coefficient (Wildman–Crippen LogP) is 1.92. The zero-order chi connectivity index (χ0) is 17.9. The van der Waals surface area contributed by atoms with Crippen molar-refractivity contribution in [3.63, 3.8) is 0 Å². The number of rotatable bonds is 6.